The molecule has 0 aromatic rings. The monoisotopic (exact) mass is 299 g/mol. The predicted octanol–water partition coefficient (Wildman–Crippen LogP) is -0.0923. The van der Waals surface area contributed by atoms with E-state index in [0.717, 1.165) is 12.8 Å². The number of carbonyl (C=O) groups excluding carboxylic acids is 1. The molecule has 4 aliphatic carbocycles. The molecule has 6 heteroatoms. The van der Waals surface area contributed by atoms with Crippen molar-refractivity contribution in [1.29, 1.82) is 0 Å². The minimum atomic E-state index is -1.07. The number of hydrogen-bond acceptors (Lipinski definition) is 6. The van der Waals surface area contributed by atoms with Gasteiger partial charge in [0.25, 0.3) is 0 Å². The van der Waals surface area contributed by atoms with Gasteiger partial charge in [0.15, 0.2) is 12.6 Å². The zero-order chi connectivity index (χ0) is 15.5. The van der Waals surface area contributed by atoms with Crippen molar-refractivity contribution >= 4 is 5.97 Å². The van der Waals surface area contributed by atoms with Crippen LogP contribution in [0, 0.1) is 11.3 Å². The van der Waals surface area contributed by atoms with Gasteiger partial charge < -0.3 is 29.6 Å². The Kier molecular flexibility index (Phi) is 3.37. The van der Waals surface area contributed by atoms with E-state index in [1.807, 2.05) is 0 Å². The smallest absolute Gasteiger partial charge is 0.152 e. The molecule has 4 rings (SSSR count). The minimum Gasteiger partial charge on any atom is -0.550 e. The maximum absolute atomic E-state index is 11.8. The first-order valence-corrected chi connectivity index (χ1v) is 7.62. The summed E-state index contributed by atoms with van der Waals surface area (Å²) < 4.78 is 11.5. The van der Waals surface area contributed by atoms with Crippen molar-refractivity contribution in [3.8, 4) is 0 Å². The summed E-state index contributed by atoms with van der Waals surface area (Å²) in [5, 5.41) is 31.0. The van der Waals surface area contributed by atoms with Crippen LogP contribution in [0.15, 0.2) is 0 Å². The fraction of sp³-hybridized carbons (Fsp3) is 0.933. The quantitative estimate of drug-likeness (QED) is 0.688. The largest absolute Gasteiger partial charge is 0.550 e. The van der Waals surface area contributed by atoms with Gasteiger partial charge in [0.1, 0.15) is 0 Å². The van der Waals surface area contributed by atoms with Crippen LogP contribution in [0.2, 0.25) is 0 Å². The lowest BCUT2D eigenvalue weighted by Gasteiger charge is -2.66. The van der Waals surface area contributed by atoms with E-state index in [1.165, 1.54) is 13.8 Å². The lowest BCUT2D eigenvalue weighted by Crippen LogP contribution is -2.68. The second-order valence-electron chi connectivity index (χ2n) is 7.38. The van der Waals surface area contributed by atoms with Gasteiger partial charge in [0.05, 0.1) is 11.2 Å². The van der Waals surface area contributed by atoms with E-state index >= 15 is 0 Å². The fourth-order valence-corrected chi connectivity index (χ4v) is 5.48. The zero-order valence-electron chi connectivity index (χ0n) is 12.5. The van der Waals surface area contributed by atoms with Crippen molar-refractivity contribution in [3.05, 3.63) is 0 Å². The van der Waals surface area contributed by atoms with E-state index in [9.17, 15) is 20.1 Å². The molecule has 0 saturated heterocycles. The predicted molar refractivity (Wildman–Crippen MR) is 69.6 cm³/mol. The summed E-state index contributed by atoms with van der Waals surface area (Å²) in [6, 6.07) is 0. The normalized spacial score (nSPS) is 47.3. The van der Waals surface area contributed by atoms with Crippen molar-refractivity contribution in [3.63, 3.8) is 0 Å². The molecule has 0 amide bonds. The molecule has 2 N–H and O–H groups in total. The van der Waals surface area contributed by atoms with Gasteiger partial charge in [-0.05, 0) is 51.9 Å². The van der Waals surface area contributed by atoms with Crippen LogP contribution in [0.1, 0.15) is 52.4 Å². The van der Waals surface area contributed by atoms with Gasteiger partial charge >= 0.3 is 0 Å². The minimum absolute atomic E-state index is 0.164. The fourth-order valence-electron chi connectivity index (χ4n) is 5.48. The van der Waals surface area contributed by atoms with Gasteiger partial charge in [-0.3, -0.25) is 0 Å². The van der Waals surface area contributed by atoms with Gasteiger partial charge in [-0.2, -0.15) is 0 Å². The second-order valence-corrected chi connectivity index (χ2v) is 7.38. The van der Waals surface area contributed by atoms with Gasteiger partial charge in [0.2, 0.25) is 0 Å². The first-order valence-electron chi connectivity index (χ1n) is 7.62. The van der Waals surface area contributed by atoms with Gasteiger partial charge in [0, 0.05) is 17.8 Å². The summed E-state index contributed by atoms with van der Waals surface area (Å²) in [4.78, 5) is 11.8. The number of aliphatic hydroxyl groups is 2. The first kappa shape index (κ1) is 15.2. The molecule has 4 atom stereocenters. The average Bonchev–Trinajstić information content (AvgIpc) is 2.22. The average molecular weight is 299 g/mol. The number of hydrogen-bond donors (Lipinski definition) is 2. The molecule has 4 saturated carbocycles. The number of carboxylic acid groups (broad SMARTS) is 1. The molecule has 4 aliphatic rings. The lowest BCUT2D eigenvalue weighted by molar-refractivity contribution is -0.354. The Morgan fingerprint density at radius 2 is 1.52 bits per heavy atom. The molecule has 0 spiro atoms. The summed E-state index contributed by atoms with van der Waals surface area (Å²) in [6.45, 7) is 3.07. The van der Waals surface area contributed by atoms with Crippen molar-refractivity contribution in [1.82, 2.24) is 0 Å². The Bertz CT molecular complexity index is 411. The van der Waals surface area contributed by atoms with Crippen LogP contribution in [0.25, 0.3) is 0 Å². The van der Waals surface area contributed by atoms with E-state index in [4.69, 9.17) is 9.47 Å². The third-order valence-electron chi connectivity index (χ3n) is 5.24. The van der Waals surface area contributed by atoms with Crippen LogP contribution in [-0.4, -0.2) is 40.0 Å². The maximum Gasteiger partial charge on any atom is 0.152 e. The van der Waals surface area contributed by atoms with Crippen LogP contribution in [-0.2, 0) is 14.3 Å². The highest BCUT2D eigenvalue weighted by atomic mass is 16.6. The standard InChI is InChI=1S/C15H24O6/c1-9(16)20-14-4-11-3-13(6-14,12(18)19)7-15(5-11,8-14)21-10(2)17/h9-11,16-17H,3-8H2,1-2H3,(H,18,19)/p-1. The molecule has 0 aliphatic heterocycles. The SMILES string of the molecule is CC(O)OC12CC3CC(OC(C)O)(C1)CC(C(=O)[O-])(C3)C2. The summed E-state index contributed by atoms with van der Waals surface area (Å²) in [5.74, 6) is -0.902. The third-order valence-corrected chi connectivity index (χ3v) is 5.24. The Morgan fingerprint density at radius 3 is 1.90 bits per heavy atom. The number of aliphatic carboxylic acids is 1. The number of carboxylic acids is 1. The maximum atomic E-state index is 11.8. The van der Waals surface area contributed by atoms with Crippen molar-refractivity contribution < 1.29 is 29.6 Å². The third kappa shape index (κ3) is 2.48. The molecule has 21 heavy (non-hydrogen) atoms. The van der Waals surface area contributed by atoms with Crippen LogP contribution in [0.3, 0.4) is 0 Å². The Labute approximate surface area is 124 Å². The van der Waals surface area contributed by atoms with Crippen LogP contribution in [0.4, 0.5) is 0 Å². The molecule has 4 unspecified atom stereocenters. The van der Waals surface area contributed by atoms with E-state index in [-0.39, 0.29) is 5.92 Å². The lowest BCUT2D eigenvalue weighted by atomic mass is 9.46. The molecule has 0 aromatic heterocycles. The highest BCUT2D eigenvalue weighted by Gasteiger charge is 2.65. The molecule has 0 aromatic carbocycles. The Hall–Kier alpha value is -0.690. The second kappa shape index (κ2) is 4.65. The van der Waals surface area contributed by atoms with Crippen LogP contribution < -0.4 is 5.11 Å². The van der Waals surface area contributed by atoms with E-state index < -0.39 is 35.2 Å². The topological polar surface area (TPSA) is 99.1 Å². The van der Waals surface area contributed by atoms with E-state index in [1.54, 1.807) is 0 Å². The Morgan fingerprint density at radius 1 is 1.05 bits per heavy atom. The highest BCUT2D eigenvalue weighted by Crippen LogP contribution is 2.65. The molecule has 4 fully saturated rings. The molecular weight excluding hydrogens is 276 g/mol. The number of rotatable bonds is 5. The zero-order valence-corrected chi connectivity index (χ0v) is 12.5. The van der Waals surface area contributed by atoms with Crippen LogP contribution in [0.5, 0.6) is 0 Å². The van der Waals surface area contributed by atoms with Crippen molar-refractivity contribution in [2.45, 2.75) is 76.2 Å². The number of ether oxygens (including phenoxy) is 2. The molecule has 6 nitrogen and oxygen atoms in total. The van der Waals surface area contributed by atoms with Gasteiger partial charge in [-0.1, -0.05) is 0 Å². The molecular formula is C15H23O6-. The summed E-state index contributed by atoms with van der Waals surface area (Å²) in [5.41, 5.74) is -2.35. The molecule has 4 bridgehead atoms. The van der Waals surface area contributed by atoms with E-state index in [2.05, 4.69) is 0 Å². The first-order chi connectivity index (χ1) is 9.68. The van der Waals surface area contributed by atoms with Crippen molar-refractivity contribution in [2.75, 3.05) is 0 Å². The Balaban J connectivity index is 1.97. The number of carbonyl (C=O) groups is 1. The highest BCUT2D eigenvalue weighted by molar-refractivity contribution is 5.74. The summed E-state index contributed by atoms with van der Waals surface area (Å²) >= 11 is 0. The van der Waals surface area contributed by atoms with Gasteiger partial charge in [-0.15, -0.1) is 0 Å². The van der Waals surface area contributed by atoms with E-state index in [0.29, 0.717) is 25.7 Å². The number of aliphatic hydroxyl groups excluding tert-OH is 2. The van der Waals surface area contributed by atoms with Gasteiger partial charge in [-0.25, -0.2) is 0 Å². The molecule has 0 heterocycles. The summed E-state index contributed by atoms with van der Waals surface area (Å²) in [7, 11) is 0. The molecule has 0 radical (unpaired) electrons. The summed E-state index contributed by atoms with van der Waals surface area (Å²) in [6.07, 6.45) is 1.36. The van der Waals surface area contributed by atoms with Crippen molar-refractivity contribution in [2.24, 2.45) is 11.3 Å². The molecule has 120 valence electrons. The van der Waals surface area contributed by atoms with Crippen LogP contribution >= 0.6 is 0 Å².